The standard InChI is InChI=1S/C27H24N4O8/c1-15-7-5-6-8-21(15)25(34)28-19-11-9-18(10-12-19)26-29-30(16(2)32)27(39-26)22-13-20(31(35)36)14-23(37-4)24(22)38-17(3)33/h5-14,27H,1-4H3,(H,28,34)/t27-/m0/s1. The van der Waals surface area contributed by atoms with Gasteiger partial charge in [-0.25, -0.2) is 0 Å². The first-order valence-corrected chi connectivity index (χ1v) is 11.7. The van der Waals surface area contributed by atoms with Crippen molar-refractivity contribution in [2.75, 3.05) is 12.4 Å². The monoisotopic (exact) mass is 532 g/mol. The summed E-state index contributed by atoms with van der Waals surface area (Å²) in [5.41, 5.74) is 1.98. The van der Waals surface area contributed by atoms with Gasteiger partial charge in [0.05, 0.1) is 23.7 Å². The van der Waals surface area contributed by atoms with Crippen LogP contribution in [0.3, 0.4) is 0 Å². The summed E-state index contributed by atoms with van der Waals surface area (Å²) in [7, 11) is 1.26. The summed E-state index contributed by atoms with van der Waals surface area (Å²) in [5.74, 6) is -1.71. The van der Waals surface area contributed by atoms with Gasteiger partial charge in [-0.2, -0.15) is 5.01 Å². The van der Waals surface area contributed by atoms with Crippen molar-refractivity contribution in [1.82, 2.24) is 5.01 Å². The van der Waals surface area contributed by atoms with Gasteiger partial charge < -0.3 is 19.5 Å². The van der Waals surface area contributed by atoms with Gasteiger partial charge in [0.2, 0.25) is 18.0 Å². The summed E-state index contributed by atoms with van der Waals surface area (Å²) in [6.45, 7) is 4.24. The first-order chi connectivity index (χ1) is 18.6. The number of nitrogens with one attached hydrogen (secondary N) is 1. The van der Waals surface area contributed by atoms with Crippen LogP contribution in [0.15, 0.2) is 65.8 Å². The van der Waals surface area contributed by atoms with Crippen molar-refractivity contribution in [2.24, 2.45) is 5.10 Å². The maximum Gasteiger partial charge on any atom is 0.308 e. The number of aryl methyl sites for hydroxylation is 1. The molecule has 4 rings (SSSR count). The van der Waals surface area contributed by atoms with Gasteiger partial charge in [-0.3, -0.25) is 24.5 Å². The van der Waals surface area contributed by atoms with Crippen LogP contribution in [0.2, 0.25) is 0 Å². The quantitative estimate of drug-likeness (QED) is 0.204. The molecule has 12 heteroatoms. The van der Waals surface area contributed by atoms with Crippen molar-refractivity contribution in [1.29, 1.82) is 0 Å². The van der Waals surface area contributed by atoms with Crippen molar-refractivity contribution < 1.29 is 33.5 Å². The number of hydrogen-bond acceptors (Lipinski definition) is 9. The first kappa shape index (κ1) is 26.8. The Morgan fingerprint density at radius 2 is 1.77 bits per heavy atom. The maximum absolute atomic E-state index is 12.6. The second-order valence-corrected chi connectivity index (χ2v) is 8.50. The van der Waals surface area contributed by atoms with Gasteiger partial charge in [0.15, 0.2) is 11.5 Å². The second kappa shape index (κ2) is 11.0. The zero-order valence-corrected chi connectivity index (χ0v) is 21.5. The van der Waals surface area contributed by atoms with Crippen LogP contribution in [0.1, 0.15) is 47.1 Å². The summed E-state index contributed by atoms with van der Waals surface area (Å²) in [4.78, 5) is 47.8. The molecule has 1 N–H and O–H groups in total. The molecule has 0 aromatic heterocycles. The molecule has 0 aliphatic carbocycles. The smallest absolute Gasteiger partial charge is 0.308 e. The number of nitro benzene ring substituents is 1. The lowest BCUT2D eigenvalue weighted by Gasteiger charge is -2.22. The minimum absolute atomic E-state index is 0.00712. The van der Waals surface area contributed by atoms with Gasteiger partial charge in [-0.15, -0.1) is 5.10 Å². The number of nitro groups is 1. The van der Waals surface area contributed by atoms with Crippen LogP contribution < -0.4 is 14.8 Å². The molecule has 0 fully saturated rings. The predicted octanol–water partition coefficient (Wildman–Crippen LogP) is 4.33. The van der Waals surface area contributed by atoms with E-state index in [0.29, 0.717) is 16.8 Å². The lowest BCUT2D eigenvalue weighted by Crippen LogP contribution is -2.26. The predicted molar refractivity (Wildman–Crippen MR) is 139 cm³/mol. The fourth-order valence-corrected chi connectivity index (χ4v) is 3.91. The van der Waals surface area contributed by atoms with E-state index in [4.69, 9.17) is 14.2 Å². The summed E-state index contributed by atoms with van der Waals surface area (Å²) in [6, 6.07) is 16.0. The van der Waals surface area contributed by atoms with Crippen LogP contribution in [-0.2, 0) is 14.3 Å². The van der Waals surface area contributed by atoms with Gasteiger partial charge in [-0.1, -0.05) is 18.2 Å². The molecule has 12 nitrogen and oxygen atoms in total. The molecule has 1 atom stereocenters. The first-order valence-electron chi connectivity index (χ1n) is 11.7. The Kier molecular flexibility index (Phi) is 7.56. The topological polar surface area (TPSA) is 150 Å². The highest BCUT2D eigenvalue weighted by Crippen LogP contribution is 2.43. The molecular weight excluding hydrogens is 508 g/mol. The molecule has 3 aromatic carbocycles. The number of hydrazone groups is 1. The number of methoxy groups -OCH3 is 1. The Bertz CT molecular complexity index is 1500. The van der Waals surface area contributed by atoms with Crippen molar-refractivity contribution in [3.8, 4) is 11.5 Å². The third-order valence-corrected chi connectivity index (χ3v) is 5.76. The van der Waals surface area contributed by atoms with E-state index in [2.05, 4.69) is 10.4 Å². The highest BCUT2D eigenvalue weighted by atomic mass is 16.6. The summed E-state index contributed by atoms with van der Waals surface area (Å²) in [5, 5.41) is 19.6. The van der Waals surface area contributed by atoms with E-state index in [0.717, 1.165) is 29.6 Å². The maximum atomic E-state index is 12.6. The largest absolute Gasteiger partial charge is 0.493 e. The molecule has 0 bridgehead atoms. The summed E-state index contributed by atoms with van der Waals surface area (Å²) in [6.07, 6.45) is -1.29. The third-order valence-electron chi connectivity index (χ3n) is 5.76. The van der Waals surface area contributed by atoms with Crippen LogP contribution in [0, 0.1) is 17.0 Å². The van der Waals surface area contributed by atoms with Crippen molar-refractivity contribution in [3.05, 3.63) is 93.0 Å². The fraction of sp³-hybridized carbons (Fsp3) is 0.185. The molecule has 0 spiro atoms. The lowest BCUT2D eigenvalue weighted by atomic mass is 10.1. The molecule has 0 saturated carbocycles. The second-order valence-electron chi connectivity index (χ2n) is 8.50. The Hall–Kier alpha value is -5.26. The van der Waals surface area contributed by atoms with Crippen LogP contribution in [-0.4, -0.2) is 40.7 Å². The molecule has 1 aliphatic rings. The van der Waals surface area contributed by atoms with E-state index in [1.807, 2.05) is 19.1 Å². The Morgan fingerprint density at radius 1 is 1.08 bits per heavy atom. The molecule has 0 unspecified atom stereocenters. The number of carbonyl (C=O) groups is 3. The van der Waals surface area contributed by atoms with E-state index in [-0.39, 0.29) is 34.6 Å². The van der Waals surface area contributed by atoms with Crippen LogP contribution >= 0.6 is 0 Å². The van der Waals surface area contributed by atoms with Gasteiger partial charge >= 0.3 is 5.97 Å². The number of rotatable bonds is 7. The van der Waals surface area contributed by atoms with E-state index < -0.39 is 23.0 Å². The zero-order valence-electron chi connectivity index (χ0n) is 21.5. The molecule has 3 aromatic rings. The lowest BCUT2D eigenvalue weighted by molar-refractivity contribution is -0.385. The molecule has 200 valence electrons. The Labute approximate surface area is 222 Å². The highest BCUT2D eigenvalue weighted by molar-refractivity contribution is 6.05. The number of amides is 2. The van der Waals surface area contributed by atoms with Gasteiger partial charge in [-0.05, 0) is 42.8 Å². The molecule has 2 amide bonds. The highest BCUT2D eigenvalue weighted by Gasteiger charge is 2.38. The number of ether oxygens (including phenoxy) is 3. The Balaban J connectivity index is 1.64. The number of nitrogens with zero attached hydrogens (tertiary/aromatic N) is 3. The third kappa shape index (κ3) is 5.69. The van der Waals surface area contributed by atoms with E-state index in [9.17, 15) is 24.5 Å². The number of anilines is 1. The van der Waals surface area contributed by atoms with Crippen molar-refractivity contribution in [2.45, 2.75) is 27.0 Å². The molecule has 0 radical (unpaired) electrons. The number of benzene rings is 3. The molecule has 0 saturated heterocycles. The SMILES string of the molecule is COc1cc([N+](=O)[O-])cc([C@@H]2OC(c3ccc(NC(=O)c4ccccc4C)cc3)=NN2C(C)=O)c1OC(C)=O. The normalized spacial score (nSPS) is 14.2. The average Bonchev–Trinajstić information content (AvgIpc) is 3.34. The van der Waals surface area contributed by atoms with Gasteiger partial charge in [0.1, 0.15) is 0 Å². The van der Waals surface area contributed by atoms with Crippen LogP contribution in [0.4, 0.5) is 11.4 Å². The molecule has 1 aliphatic heterocycles. The van der Waals surface area contributed by atoms with E-state index in [1.54, 1.807) is 36.4 Å². The van der Waals surface area contributed by atoms with Crippen LogP contribution in [0.25, 0.3) is 0 Å². The van der Waals surface area contributed by atoms with Crippen molar-refractivity contribution >= 4 is 35.1 Å². The van der Waals surface area contributed by atoms with Gasteiger partial charge in [0.25, 0.3) is 11.6 Å². The van der Waals surface area contributed by atoms with E-state index >= 15 is 0 Å². The summed E-state index contributed by atoms with van der Waals surface area (Å²) >= 11 is 0. The number of hydrogen-bond donors (Lipinski definition) is 1. The minimum atomic E-state index is -1.29. The molecule has 1 heterocycles. The number of esters is 1. The zero-order chi connectivity index (χ0) is 28.3. The van der Waals surface area contributed by atoms with Gasteiger partial charge in [0, 0.05) is 36.7 Å². The average molecular weight is 533 g/mol. The Morgan fingerprint density at radius 3 is 2.36 bits per heavy atom. The molecule has 39 heavy (non-hydrogen) atoms. The van der Waals surface area contributed by atoms with Crippen LogP contribution in [0.5, 0.6) is 11.5 Å². The summed E-state index contributed by atoms with van der Waals surface area (Å²) < 4.78 is 16.5. The minimum Gasteiger partial charge on any atom is -0.493 e. The van der Waals surface area contributed by atoms with Crippen molar-refractivity contribution in [3.63, 3.8) is 0 Å². The van der Waals surface area contributed by atoms with E-state index in [1.165, 1.54) is 14.0 Å². The number of carbonyl (C=O) groups excluding carboxylic acids is 3. The molecular formula is C27H24N4O8. The fourth-order valence-electron chi connectivity index (χ4n) is 3.91. The number of non-ortho nitro benzene ring substituents is 1.